The molecule has 5 N–H and O–H groups in total. The van der Waals surface area contributed by atoms with Gasteiger partial charge in [-0.15, -0.1) is 0 Å². The van der Waals surface area contributed by atoms with Gasteiger partial charge in [0.25, 0.3) is 0 Å². The van der Waals surface area contributed by atoms with E-state index >= 15 is 0 Å². The lowest BCUT2D eigenvalue weighted by Gasteiger charge is -2.31. The maximum Gasteiger partial charge on any atom is 0.321 e. The molecule has 7 nitrogen and oxygen atoms in total. The lowest BCUT2D eigenvalue weighted by Crippen LogP contribution is -2.45. The molecule has 1 aliphatic rings. The zero-order chi connectivity index (χ0) is 18.4. The summed E-state index contributed by atoms with van der Waals surface area (Å²) in [6, 6.07) is 6.33. The Labute approximate surface area is 149 Å². The highest BCUT2D eigenvalue weighted by Crippen LogP contribution is 2.40. The second-order valence-electron chi connectivity index (χ2n) is 6.55. The molecular formula is C19H19N3O4. The molecule has 3 aromatic rings. The van der Waals surface area contributed by atoms with Crippen molar-refractivity contribution in [2.45, 2.75) is 32.0 Å². The number of para-hydroxylation sites is 1. The van der Waals surface area contributed by atoms with E-state index in [1.807, 2.05) is 24.3 Å². The molecule has 0 spiro atoms. The molecule has 2 aromatic heterocycles. The van der Waals surface area contributed by atoms with Crippen molar-refractivity contribution in [3.8, 4) is 5.75 Å². The predicted molar refractivity (Wildman–Crippen MR) is 95.0 cm³/mol. The van der Waals surface area contributed by atoms with Gasteiger partial charge in [0.15, 0.2) is 0 Å². The van der Waals surface area contributed by atoms with Crippen molar-refractivity contribution in [2.75, 3.05) is 0 Å². The number of rotatable bonds is 3. The molecule has 2 unspecified atom stereocenters. The number of hydrogen-bond donors (Lipinski definition) is 5. The molecule has 7 heteroatoms. The lowest BCUT2D eigenvalue weighted by atomic mass is 9.88. The molecule has 0 bridgehead atoms. The van der Waals surface area contributed by atoms with Crippen LogP contribution in [-0.4, -0.2) is 37.3 Å². The standard InChI is InChI=1S/C19H19N3O4/c1-9-18(24)15(10(8-23)7-20-9)17-16-12(6-14(22-17)19(25)26)11-4-2-3-5-13(11)21-16/h2-5,7,14,17,21-24H,6,8H2,1H3,(H,25,26). The van der Waals surface area contributed by atoms with E-state index in [1.54, 1.807) is 6.92 Å². The number of carbonyl (C=O) groups is 1. The minimum Gasteiger partial charge on any atom is -0.506 e. The molecule has 0 aliphatic carbocycles. The molecule has 26 heavy (non-hydrogen) atoms. The molecule has 4 rings (SSSR count). The van der Waals surface area contributed by atoms with Gasteiger partial charge in [-0.25, -0.2) is 0 Å². The normalized spacial score (nSPS) is 19.5. The number of nitrogens with zero attached hydrogens (tertiary/aromatic N) is 1. The Bertz CT molecular complexity index is 1010. The van der Waals surface area contributed by atoms with Crippen LogP contribution in [-0.2, 0) is 17.8 Å². The first-order chi connectivity index (χ1) is 12.5. The van der Waals surface area contributed by atoms with Gasteiger partial charge in [0.1, 0.15) is 11.8 Å². The number of aryl methyl sites for hydroxylation is 1. The van der Waals surface area contributed by atoms with E-state index in [-0.39, 0.29) is 12.4 Å². The molecule has 0 fully saturated rings. The second kappa shape index (κ2) is 6.12. The van der Waals surface area contributed by atoms with Gasteiger partial charge in [-0.1, -0.05) is 18.2 Å². The van der Waals surface area contributed by atoms with E-state index in [9.17, 15) is 20.1 Å². The highest BCUT2D eigenvalue weighted by Gasteiger charge is 2.36. The smallest absolute Gasteiger partial charge is 0.321 e. The minimum absolute atomic E-state index is 0.0373. The van der Waals surface area contributed by atoms with Gasteiger partial charge in [-0.3, -0.25) is 15.1 Å². The van der Waals surface area contributed by atoms with Crippen molar-refractivity contribution in [3.05, 3.63) is 58.5 Å². The van der Waals surface area contributed by atoms with Crippen LogP contribution >= 0.6 is 0 Å². The number of fused-ring (bicyclic) bond motifs is 3. The van der Waals surface area contributed by atoms with Crippen LogP contribution in [0.25, 0.3) is 10.9 Å². The molecule has 1 aromatic carbocycles. The van der Waals surface area contributed by atoms with Gasteiger partial charge in [-0.2, -0.15) is 0 Å². The van der Waals surface area contributed by atoms with E-state index in [2.05, 4.69) is 15.3 Å². The number of pyridine rings is 1. The number of aromatic nitrogens is 2. The number of aliphatic carboxylic acids is 1. The number of nitrogens with one attached hydrogen (secondary N) is 2. The highest BCUT2D eigenvalue weighted by molar-refractivity contribution is 5.87. The van der Waals surface area contributed by atoms with Crippen LogP contribution in [0, 0.1) is 6.92 Å². The average Bonchev–Trinajstić information content (AvgIpc) is 3.02. The molecule has 0 saturated heterocycles. The summed E-state index contributed by atoms with van der Waals surface area (Å²) in [5, 5.41) is 34.0. The summed E-state index contributed by atoms with van der Waals surface area (Å²) >= 11 is 0. The molecule has 134 valence electrons. The number of aromatic hydroxyl groups is 1. The topological polar surface area (TPSA) is 118 Å². The maximum absolute atomic E-state index is 11.7. The lowest BCUT2D eigenvalue weighted by molar-refractivity contribution is -0.139. The van der Waals surface area contributed by atoms with Gasteiger partial charge in [0.2, 0.25) is 0 Å². The Morgan fingerprint density at radius 1 is 1.35 bits per heavy atom. The number of aliphatic hydroxyl groups excluding tert-OH is 1. The van der Waals surface area contributed by atoms with E-state index < -0.39 is 18.1 Å². The Hall–Kier alpha value is -2.90. The fourth-order valence-electron chi connectivity index (χ4n) is 3.72. The fourth-order valence-corrected chi connectivity index (χ4v) is 3.72. The molecular weight excluding hydrogens is 334 g/mol. The molecule has 2 atom stereocenters. The van der Waals surface area contributed by atoms with E-state index in [1.165, 1.54) is 6.20 Å². The third kappa shape index (κ3) is 2.44. The van der Waals surface area contributed by atoms with Crippen molar-refractivity contribution in [1.82, 2.24) is 15.3 Å². The Morgan fingerprint density at radius 3 is 2.85 bits per heavy atom. The quantitative estimate of drug-likeness (QED) is 0.490. The summed E-state index contributed by atoms with van der Waals surface area (Å²) < 4.78 is 0. The van der Waals surface area contributed by atoms with Crippen LogP contribution < -0.4 is 5.32 Å². The van der Waals surface area contributed by atoms with Crippen LogP contribution in [0.15, 0.2) is 30.5 Å². The summed E-state index contributed by atoms with van der Waals surface area (Å²) in [5.74, 6) is -0.994. The van der Waals surface area contributed by atoms with Crippen molar-refractivity contribution in [3.63, 3.8) is 0 Å². The summed E-state index contributed by atoms with van der Waals surface area (Å²) in [6.45, 7) is 1.37. The number of benzene rings is 1. The Morgan fingerprint density at radius 2 is 2.12 bits per heavy atom. The monoisotopic (exact) mass is 353 g/mol. The number of hydrogen-bond acceptors (Lipinski definition) is 5. The second-order valence-corrected chi connectivity index (χ2v) is 6.55. The number of aliphatic hydroxyl groups is 1. The van der Waals surface area contributed by atoms with Crippen LogP contribution in [0.4, 0.5) is 0 Å². The van der Waals surface area contributed by atoms with Gasteiger partial charge in [0.05, 0.1) is 18.3 Å². The SMILES string of the molecule is Cc1ncc(CO)c(C2NC(C(=O)O)Cc3c2[nH]c2ccccc32)c1O. The van der Waals surface area contributed by atoms with E-state index in [4.69, 9.17) is 0 Å². The van der Waals surface area contributed by atoms with Crippen LogP contribution in [0.2, 0.25) is 0 Å². The zero-order valence-electron chi connectivity index (χ0n) is 14.2. The first kappa shape index (κ1) is 16.6. The van der Waals surface area contributed by atoms with Crippen LogP contribution in [0.5, 0.6) is 5.75 Å². The Balaban J connectivity index is 1.98. The molecule has 0 amide bonds. The summed E-state index contributed by atoms with van der Waals surface area (Å²) in [4.78, 5) is 19.2. The first-order valence-corrected chi connectivity index (χ1v) is 8.37. The zero-order valence-corrected chi connectivity index (χ0v) is 14.2. The van der Waals surface area contributed by atoms with Crippen molar-refractivity contribution >= 4 is 16.9 Å². The van der Waals surface area contributed by atoms with Crippen molar-refractivity contribution in [2.24, 2.45) is 0 Å². The van der Waals surface area contributed by atoms with E-state index in [0.29, 0.717) is 23.2 Å². The van der Waals surface area contributed by atoms with Gasteiger partial charge >= 0.3 is 5.97 Å². The number of aromatic amines is 1. The van der Waals surface area contributed by atoms with Crippen molar-refractivity contribution < 1.29 is 20.1 Å². The summed E-state index contributed by atoms with van der Waals surface area (Å²) in [5.41, 5.74) is 3.97. The number of carboxylic acid groups (broad SMARTS) is 1. The van der Waals surface area contributed by atoms with Gasteiger partial charge in [-0.05, 0) is 18.6 Å². The maximum atomic E-state index is 11.7. The molecule has 0 saturated carbocycles. The highest BCUT2D eigenvalue weighted by atomic mass is 16.4. The third-order valence-corrected chi connectivity index (χ3v) is 5.03. The molecule has 0 radical (unpaired) electrons. The van der Waals surface area contributed by atoms with Crippen LogP contribution in [0.1, 0.15) is 34.1 Å². The van der Waals surface area contributed by atoms with Gasteiger partial charge < -0.3 is 20.3 Å². The largest absolute Gasteiger partial charge is 0.506 e. The third-order valence-electron chi connectivity index (χ3n) is 5.03. The predicted octanol–water partition coefficient (Wildman–Crippen LogP) is 1.76. The minimum atomic E-state index is -0.957. The number of carboxylic acids is 1. The molecule has 3 heterocycles. The Kier molecular flexibility index (Phi) is 3.90. The fraction of sp³-hybridized carbons (Fsp3) is 0.263. The average molecular weight is 353 g/mol. The summed E-state index contributed by atoms with van der Waals surface area (Å²) in [6.07, 6.45) is 1.85. The number of H-pyrrole nitrogens is 1. The van der Waals surface area contributed by atoms with Crippen LogP contribution in [0.3, 0.4) is 0 Å². The van der Waals surface area contributed by atoms with Gasteiger partial charge in [0, 0.05) is 40.3 Å². The van der Waals surface area contributed by atoms with Crippen molar-refractivity contribution in [1.29, 1.82) is 0 Å². The summed E-state index contributed by atoms with van der Waals surface area (Å²) in [7, 11) is 0. The van der Waals surface area contributed by atoms with E-state index in [0.717, 1.165) is 22.2 Å². The first-order valence-electron chi connectivity index (χ1n) is 8.37. The molecule has 1 aliphatic heterocycles.